The van der Waals surface area contributed by atoms with Crippen LogP contribution in [0.15, 0.2) is 48.8 Å². The Bertz CT molecular complexity index is 931. The minimum Gasteiger partial charge on any atom is -0.340 e. The van der Waals surface area contributed by atoms with E-state index in [-0.39, 0.29) is 0 Å². The van der Waals surface area contributed by atoms with Gasteiger partial charge in [-0.3, -0.25) is 9.97 Å². The molecule has 0 saturated carbocycles. The Hall–Kier alpha value is -2.46. The molecule has 3 aromatic heterocycles. The van der Waals surface area contributed by atoms with Gasteiger partial charge in [0.2, 0.25) is 0 Å². The fourth-order valence-electron chi connectivity index (χ4n) is 2.44. The molecule has 0 fully saturated rings. The number of fused-ring (bicyclic) bond motifs is 3. The molecule has 0 aliphatic carbocycles. The minimum atomic E-state index is 0.664. The fourth-order valence-corrected chi connectivity index (χ4v) is 2.61. The van der Waals surface area contributed by atoms with Crippen molar-refractivity contribution in [1.29, 1.82) is 0 Å². The van der Waals surface area contributed by atoms with Crippen LogP contribution in [0.1, 0.15) is 11.5 Å². The van der Waals surface area contributed by atoms with Crippen molar-refractivity contribution in [3.05, 3.63) is 65.3 Å². The Morgan fingerprint density at radius 3 is 2.90 bits per heavy atom. The average molecular weight is 295 g/mol. The smallest absolute Gasteiger partial charge is 0.113 e. The van der Waals surface area contributed by atoms with Crippen molar-refractivity contribution < 1.29 is 0 Å². The molecule has 5 heteroatoms. The molecule has 0 saturated heterocycles. The Morgan fingerprint density at radius 2 is 2.05 bits per heavy atom. The Balaban J connectivity index is 1.86. The molecule has 1 aromatic carbocycles. The van der Waals surface area contributed by atoms with Crippen LogP contribution in [0.5, 0.6) is 0 Å². The van der Waals surface area contributed by atoms with Gasteiger partial charge in [0.15, 0.2) is 0 Å². The third kappa shape index (κ3) is 2.23. The number of nitrogens with zero attached hydrogens (tertiary/aromatic N) is 3. The van der Waals surface area contributed by atoms with Gasteiger partial charge in [-0.05, 0) is 30.3 Å². The molecule has 0 aliphatic rings. The number of aromatic amines is 1. The van der Waals surface area contributed by atoms with Gasteiger partial charge in [-0.25, -0.2) is 4.98 Å². The predicted molar refractivity (Wildman–Crippen MR) is 83.4 cm³/mol. The summed E-state index contributed by atoms with van der Waals surface area (Å²) in [4.78, 5) is 16.7. The van der Waals surface area contributed by atoms with E-state index < -0.39 is 0 Å². The molecule has 0 bridgehead atoms. The second-order valence-corrected chi connectivity index (χ2v) is 5.30. The number of nitrogens with one attached hydrogen (secondary N) is 1. The van der Waals surface area contributed by atoms with Crippen molar-refractivity contribution in [2.45, 2.75) is 6.42 Å². The standard InChI is InChI=1S/C16H11ClN4/c17-10-4-5-13-12(7-10)16-14(9-19-13)20-15(21-16)8-11-3-1-2-6-18-11/h1-7,9H,8H2,(H,20,21). The molecule has 1 N–H and O–H groups in total. The van der Waals surface area contributed by atoms with Crippen LogP contribution in [0, 0.1) is 0 Å². The van der Waals surface area contributed by atoms with Crippen LogP contribution in [-0.4, -0.2) is 19.9 Å². The van der Waals surface area contributed by atoms with E-state index in [9.17, 15) is 0 Å². The van der Waals surface area contributed by atoms with Crippen LogP contribution >= 0.6 is 11.6 Å². The second kappa shape index (κ2) is 4.82. The second-order valence-electron chi connectivity index (χ2n) is 4.86. The molecule has 4 aromatic rings. The van der Waals surface area contributed by atoms with Gasteiger partial charge in [-0.1, -0.05) is 17.7 Å². The van der Waals surface area contributed by atoms with E-state index in [4.69, 9.17) is 11.6 Å². The monoisotopic (exact) mass is 294 g/mol. The lowest BCUT2D eigenvalue weighted by Crippen LogP contribution is -1.92. The summed E-state index contributed by atoms with van der Waals surface area (Å²) < 4.78 is 0. The number of H-pyrrole nitrogens is 1. The maximum atomic E-state index is 6.08. The fraction of sp³-hybridized carbons (Fsp3) is 0.0625. The number of benzene rings is 1. The van der Waals surface area contributed by atoms with E-state index in [1.54, 1.807) is 12.4 Å². The van der Waals surface area contributed by atoms with Crippen LogP contribution < -0.4 is 0 Å². The SMILES string of the molecule is Clc1ccc2ncc3[nH]c(Cc4ccccn4)nc3c2c1. The molecule has 0 amide bonds. The van der Waals surface area contributed by atoms with Crippen molar-refractivity contribution in [2.24, 2.45) is 0 Å². The molecule has 102 valence electrons. The number of hydrogen-bond acceptors (Lipinski definition) is 3. The lowest BCUT2D eigenvalue weighted by Gasteiger charge is -1.97. The van der Waals surface area contributed by atoms with Crippen LogP contribution in [0.3, 0.4) is 0 Å². The Kier molecular flexibility index (Phi) is 2.82. The highest BCUT2D eigenvalue weighted by atomic mass is 35.5. The van der Waals surface area contributed by atoms with Crippen molar-refractivity contribution in [2.75, 3.05) is 0 Å². The van der Waals surface area contributed by atoms with E-state index in [0.29, 0.717) is 11.4 Å². The molecule has 0 atom stereocenters. The molecule has 0 aliphatic heterocycles. The van der Waals surface area contributed by atoms with Gasteiger partial charge in [0.05, 0.1) is 22.7 Å². The molecular formula is C16H11ClN4. The van der Waals surface area contributed by atoms with Crippen molar-refractivity contribution in [3.8, 4) is 0 Å². The molecule has 21 heavy (non-hydrogen) atoms. The van der Waals surface area contributed by atoms with Gasteiger partial charge in [-0.15, -0.1) is 0 Å². The van der Waals surface area contributed by atoms with E-state index in [1.807, 2.05) is 36.4 Å². The highest BCUT2D eigenvalue weighted by Crippen LogP contribution is 2.25. The third-order valence-corrected chi connectivity index (χ3v) is 3.64. The van der Waals surface area contributed by atoms with E-state index in [0.717, 1.165) is 33.5 Å². The maximum Gasteiger partial charge on any atom is 0.113 e. The summed E-state index contributed by atoms with van der Waals surface area (Å²) in [5, 5.41) is 1.65. The summed E-state index contributed by atoms with van der Waals surface area (Å²) in [7, 11) is 0. The van der Waals surface area contributed by atoms with Gasteiger partial charge >= 0.3 is 0 Å². The first-order valence-corrected chi connectivity index (χ1v) is 7.00. The number of aromatic nitrogens is 4. The number of imidazole rings is 1. The lowest BCUT2D eigenvalue weighted by atomic mass is 10.2. The lowest BCUT2D eigenvalue weighted by molar-refractivity contribution is 0.985. The summed E-state index contributed by atoms with van der Waals surface area (Å²) in [6.45, 7) is 0. The minimum absolute atomic E-state index is 0.664. The molecular weight excluding hydrogens is 284 g/mol. The first kappa shape index (κ1) is 12.3. The van der Waals surface area contributed by atoms with Crippen LogP contribution in [0.2, 0.25) is 5.02 Å². The van der Waals surface area contributed by atoms with Crippen molar-refractivity contribution >= 4 is 33.5 Å². The van der Waals surface area contributed by atoms with Gasteiger partial charge in [-0.2, -0.15) is 0 Å². The Morgan fingerprint density at radius 1 is 1.10 bits per heavy atom. The molecule has 4 rings (SSSR count). The average Bonchev–Trinajstić information content (AvgIpc) is 2.91. The largest absolute Gasteiger partial charge is 0.340 e. The van der Waals surface area contributed by atoms with Crippen LogP contribution in [-0.2, 0) is 6.42 Å². The zero-order chi connectivity index (χ0) is 14.2. The predicted octanol–water partition coefficient (Wildman–Crippen LogP) is 3.75. The maximum absolute atomic E-state index is 6.08. The van der Waals surface area contributed by atoms with Gasteiger partial charge < -0.3 is 4.98 Å². The molecule has 0 radical (unpaired) electrons. The molecule has 3 heterocycles. The summed E-state index contributed by atoms with van der Waals surface area (Å²) >= 11 is 6.08. The quantitative estimate of drug-likeness (QED) is 0.612. The van der Waals surface area contributed by atoms with E-state index >= 15 is 0 Å². The van der Waals surface area contributed by atoms with E-state index in [2.05, 4.69) is 19.9 Å². The highest BCUT2D eigenvalue weighted by molar-refractivity contribution is 6.31. The van der Waals surface area contributed by atoms with Crippen LogP contribution in [0.25, 0.3) is 21.9 Å². The van der Waals surface area contributed by atoms with Crippen LogP contribution in [0.4, 0.5) is 0 Å². The zero-order valence-corrected chi connectivity index (χ0v) is 11.8. The first-order valence-electron chi connectivity index (χ1n) is 6.62. The van der Waals surface area contributed by atoms with Crippen molar-refractivity contribution in [1.82, 2.24) is 19.9 Å². The molecule has 0 spiro atoms. The number of pyridine rings is 2. The summed E-state index contributed by atoms with van der Waals surface area (Å²) in [6, 6.07) is 11.5. The topological polar surface area (TPSA) is 54.5 Å². The van der Waals surface area contributed by atoms with E-state index in [1.165, 1.54) is 0 Å². The molecule has 4 nitrogen and oxygen atoms in total. The number of halogens is 1. The van der Waals surface area contributed by atoms with Crippen molar-refractivity contribution in [3.63, 3.8) is 0 Å². The molecule has 0 unspecified atom stereocenters. The highest BCUT2D eigenvalue weighted by Gasteiger charge is 2.09. The number of rotatable bonds is 2. The zero-order valence-electron chi connectivity index (χ0n) is 11.0. The normalized spacial score (nSPS) is 11.3. The van der Waals surface area contributed by atoms with Gasteiger partial charge in [0.1, 0.15) is 5.82 Å². The Labute approximate surface area is 125 Å². The summed E-state index contributed by atoms with van der Waals surface area (Å²) in [5.74, 6) is 0.873. The third-order valence-electron chi connectivity index (χ3n) is 3.40. The number of hydrogen-bond donors (Lipinski definition) is 1. The van der Waals surface area contributed by atoms with Gasteiger partial charge in [0.25, 0.3) is 0 Å². The summed E-state index contributed by atoms with van der Waals surface area (Å²) in [6.07, 6.45) is 4.26. The van der Waals surface area contributed by atoms with Gasteiger partial charge in [0, 0.05) is 28.7 Å². The first-order chi connectivity index (χ1) is 10.3. The summed E-state index contributed by atoms with van der Waals surface area (Å²) in [5.41, 5.74) is 3.68.